The smallest absolute Gasteiger partial charge is 0.406 e. The minimum absolute atomic E-state index is 0.362. The number of hydrogen-bond donors (Lipinski definition) is 1. The first kappa shape index (κ1) is 11.6. The molecule has 0 saturated carbocycles. The number of allylic oxidation sites excluding steroid dienone is 1. The van der Waals surface area contributed by atoms with Crippen LogP contribution in [-0.2, 0) is 9.47 Å². The van der Waals surface area contributed by atoms with E-state index in [2.05, 4.69) is 23.2 Å². The summed E-state index contributed by atoms with van der Waals surface area (Å²) >= 11 is 0. The first-order valence-corrected chi connectivity index (χ1v) is 3.87. The summed E-state index contributed by atoms with van der Waals surface area (Å²) in [6, 6.07) is 0. The van der Waals surface area contributed by atoms with Gasteiger partial charge in [0.25, 0.3) is 0 Å². The van der Waals surface area contributed by atoms with E-state index >= 15 is 0 Å². The molecule has 4 heteroatoms. The highest BCUT2D eigenvalue weighted by Crippen LogP contribution is 2.03. The highest BCUT2D eigenvalue weighted by atomic mass is 16.5. The Kier molecular flexibility index (Phi) is 5.43. The molecule has 0 aliphatic rings. The molecular formula is C9H15NO3. The van der Waals surface area contributed by atoms with Crippen molar-refractivity contribution in [2.45, 2.75) is 6.92 Å². The van der Waals surface area contributed by atoms with E-state index in [0.717, 1.165) is 5.57 Å². The summed E-state index contributed by atoms with van der Waals surface area (Å²) < 4.78 is 9.49. The zero-order chi connectivity index (χ0) is 10.3. The zero-order valence-corrected chi connectivity index (χ0v) is 8.05. The summed E-state index contributed by atoms with van der Waals surface area (Å²) in [6.07, 6.45) is -0.468. The molecule has 0 spiro atoms. The van der Waals surface area contributed by atoms with Crippen LogP contribution in [0, 0.1) is 0 Å². The normalized spacial score (nSPS) is 8.77. The molecule has 1 amide bonds. The van der Waals surface area contributed by atoms with Gasteiger partial charge in [-0.25, -0.2) is 4.79 Å². The first-order valence-electron chi connectivity index (χ1n) is 3.87. The SMILES string of the molecule is C=C(C)C(=C)OCCNC(=O)OC. The van der Waals surface area contributed by atoms with Crippen LogP contribution in [0.5, 0.6) is 0 Å². The second-order valence-electron chi connectivity index (χ2n) is 2.47. The third kappa shape index (κ3) is 5.78. The van der Waals surface area contributed by atoms with E-state index in [1.165, 1.54) is 7.11 Å². The van der Waals surface area contributed by atoms with Gasteiger partial charge in [-0.15, -0.1) is 0 Å². The molecule has 0 radical (unpaired) electrons. The van der Waals surface area contributed by atoms with E-state index in [4.69, 9.17) is 4.74 Å². The fraction of sp³-hybridized carbons (Fsp3) is 0.444. The van der Waals surface area contributed by atoms with Crippen LogP contribution in [0.4, 0.5) is 4.79 Å². The van der Waals surface area contributed by atoms with Crippen LogP contribution in [0.15, 0.2) is 24.5 Å². The van der Waals surface area contributed by atoms with Crippen LogP contribution >= 0.6 is 0 Å². The van der Waals surface area contributed by atoms with Crippen LogP contribution in [0.2, 0.25) is 0 Å². The molecule has 0 aliphatic heterocycles. The minimum atomic E-state index is -0.468. The van der Waals surface area contributed by atoms with Crippen LogP contribution in [-0.4, -0.2) is 26.4 Å². The molecule has 0 atom stereocenters. The number of nitrogens with one attached hydrogen (secondary N) is 1. The molecule has 13 heavy (non-hydrogen) atoms. The number of rotatable bonds is 5. The Labute approximate surface area is 78.2 Å². The molecule has 0 aromatic carbocycles. The Morgan fingerprint density at radius 1 is 1.46 bits per heavy atom. The minimum Gasteiger partial charge on any atom is -0.492 e. The number of alkyl carbamates (subject to hydrolysis) is 1. The van der Waals surface area contributed by atoms with E-state index in [9.17, 15) is 4.79 Å². The predicted molar refractivity (Wildman–Crippen MR) is 50.3 cm³/mol. The Morgan fingerprint density at radius 3 is 2.54 bits per heavy atom. The molecule has 0 rings (SSSR count). The van der Waals surface area contributed by atoms with Gasteiger partial charge in [0.2, 0.25) is 0 Å². The van der Waals surface area contributed by atoms with Crippen molar-refractivity contribution in [3.63, 3.8) is 0 Å². The largest absolute Gasteiger partial charge is 0.492 e. The van der Waals surface area contributed by atoms with Crippen molar-refractivity contribution in [3.05, 3.63) is 24.5 Å². The number of ether oxygens (including phenoxy) is 2. The third-order valence-corrected chi connectivity index (χ3v) is 1.31. The lowest BCUT2D eigenvalue weighted by Gasteiger charge is -2.08. The van der Waals surface area contributed by atoms with Crippen LogP contribution in [0.25, 0.3) is 0 Å². The third-order valence-electron chi connectivity index (χ3n) is 1.31. The second kappa shape index (κ2) is 6.11. The fourth-order valence-electron chi connectivity index (χ4n) is 0.523. The molecule has 0 heterocycles. The van der Waals surface area contributed by atoms with Gasteiger partial charge in [-0.1, -0.05) is 13.2 Å². The second-order valence-corrected chi connectivity index (χ2v) is 2.47. The van der Waals surface area contributed by atoms with Gasteiger partial charge in [-0.2, -0.15) is 0 Å². The Morgan fingerprint density at radius 2 is 2.08 bits per heavy atom. The highest BCUT2D eigenvalue weighted by molar-refractivity contribution is 5.66. The summed E-state index contributed by atoms with van der Waals surface area (Å²) in [5, 5.41) is 2.47. The van der Waals surface area contributed by atoms with Gasteiger partial charge in [-0.05, 0) is 12.5 Å². The van der Waals surface area contributed by atoms with Gasteiger partial charge in [0.05, 0.1) is 13.7 Å². The van der Waals surface area contributed by atoms with E-state index in [1.54, 1.807) is 6.92 Å². The summed E-state index contributed by atoms with van der Waals surface area (Å²) in [4.78, 5) is 10.6. The molecular weight excluding hydrogens is 170 g/mol. The monoisotopic (exact) mass is 185 g/mol. The molecule has 0 aromatic rings. The van der Waals surface area contributed by atoms with Crippen molar-refractivity contribution in [3.8, 4) is 0 Å². The van der Waals surface area contributed by atoms with E-state index < -0.39 is 6.09 Å². The Hall–Kier alpha value is -1.45. The van der Waals surface area contributed by atoms with Gasteiger partial charge >= 0.3 is 6.09 Å². The molecule has 0 saturated heterocycles. The standard InChI is InChI=1S/C9H15NO3/c1-7(2)8(3)13-6-5-10-9(11)12-4/h1,3,5-6H2,2,4H3,(H,10,11). The lowest BCUT2D eigenvalue weighted by Crippen LogP contribution is -2.26. The van der Waals surface area contributed by atoms with Gasteiger partial charge in [0.1, 0.15) is 12.4 Å². The molecule has 0 fully saturated rings. The molecule has 0 aromatic heterocycles. The lowest BCUT2D eigenvalue weighted by atomic mass is 10.3. The van der Waals surface area contributed by atoms with Crippen LogP contribution in [0.1, 0.15) is 6.92 Å². The van der Waals surface area contributed by atoms with Crippen molar-refractivity contribution >= 4 is 6.09 Å². The maximum atomic E-state index is 10.6. The molecule has 1 N–H and O–H groups in total. The number of methoxy groups -OCH3 is 1. The lowest BCUT2D eigenvalue weighted by molar-refractivity contribution is 0.163. The first-order chi connectivity index (χ1) is 6.07. The van der Waals surface area contributed by atoms with E-state index in [1.807, 2.05) is 0 Å². The van der Waals surface area contributed by atoms with Gasteiger partial charge in [0.15, 0.2) is 0 Å². The van der Waals surface area contributed by atoms with Crippen molar-refractivity contribution < 1.29 is 14.3 Å². The number of carbonyl (C=O) groups is 1. The van der Waals surface area contributed by atoms with Crippen molar-refractivity contribution in [1.82, 2.24) is 5.32 Å². The van der Waals surface area contributed by atoms with Gasteiger partial charge < -0.3 is 14.8 Å². The summed E-state index contributed by atoms with van der Waals surface area (Å²) in [5.41, 5.74) is 0.776. The molecule has 0 bridgehead atoms. The van der Waals surface area contributed by atoms with Gasteiger partial charge in [0, 0.05) is 0 Å². The number of carbonyl (C=O) groups excluding carboxylic acids is 1. The van der Waals surface area contributed by atoms with Crippen molar-refractivity contribution in [2.75, 3.05) is 20.3 Å². The molecule has 74 valence electrons. The van der Waals surface area contributed by atoms with E-state index in [0.29, 0.717) is 18.9 Å². The molecule has 4 nitrogen and oxygen atoms in total. The quantitative estimate of drug-likeness (QED) is 0.400. The topological polar surface area (TPSA) is 47.6 Å². The van der Waals surface area contributed by atoms with Crippen LogP contribution in [0.3, 0.4) is 0 Å². The summed E-state index contributed by atoms with van der Waals surface area (Å²) in [7, 11) is 1.31. The summed E-state index contributed by atoms with van der Waals surface area (Å²) in [6.45, 7) is 9.83. The molecule has 0 aliphatic carbocycles. The Balaban J connectivity index is 3.41. The van der Waals surface area contributed by atoms with E-state index in [-0.39, 0.29) is 0 Å². The highest BCUT2D eigenvalue weighted by Gasteiger charge is 1.98. The number of amides is 1. The Bertz CT molecular complexity index is 211. The molecule has 0 unspecified atom stereocenters. The maximum Gasteiger partial charge on any atom is 0.406 e. The number of hydrogen-bond acceptors (Lipinski definition) is 3. The van der Waals surface area contributed by atoms with Crippen molar-refractivity contribution in [2.24, 2.45) is 0 Å². The zero-order valence-electron chi connectivity index (χ0n) is 8.05. The van der Waals surface area contributed by atoms with Crippen LogP contribution < -0.4 is 5.32 Å². The van der Waals surface area contributed by atoms with Gasteiger partial charge in [-0.3, -0.25) is 0 Å². The fourth-order valence-corrected chi connectivity index (χ4v) is 0.523. The maximum absolute atomic E-state index is 10.6. The average molecular weight is 185 g/mol. The summed E-state index contributed by atoms with van der Waals surface area (Å²) in [5.74, 6) is 0.534. The average Bonchev–Trinajstić information content (AvgIpc) is 2.11. The van der Waals surface area contributed by atoms with Crippen molar-refractivity contribution in [1.29, 1.82) is 0 Å². The predicted octanol–water partition coefficient (Wildman–Crippen LogP) is 1.45.